The van der Waals surface area contributed by atoms with Crippen LogP contribution >= 0.6 is 11.3 Å². The lowest BCUT2D eigenvalue weighted by Crippen LogP contribution is -2.15. The molecule has 2 nitrogen and oxygen atoms in total. The molecule has 3 aromatic heterocycles. The monoisotopic (exact) mass is 706 g/mol. The van der Waals surface area contributed by atoms with E-state index < -0.39 is 0 Å². The summed E-state index contributed by atoms with van der Waals surface area (Å²) in [5.41, 5.74) is 15.1. The SMILES string of the molecule is CC1(C)c2cc(-n3c4ccccc4c4cc(-c5ccc6c(c5)c5ccccc5n6-c5ccccc5)ccc43)ccc2-c2cc3sc4ccccc4c3cc21. The van der Waals surface area contributed by atoms with Gasteiger partial charge < -0.3 is 9.13 Å². The number of benzene rings is 8. The minimum atomic E-state index is -0.119. The molecule has 0 saturated heterocycles. The van der Waals surface area contributed by atoms with Gasteiger partial charge in [-0.05, 0) is 112 Å². The number of fused-ring (bicyclic) bond motifs is 12. The van der Waals surface area contributed by atoms with Gasteiger partial charge in [0.1, 0.15) is 0 Å². The smallest absolute Gasteiger partial charge is 0.0541 e. The molecule has 0 fully saturated rings. The molecule has 8 aromatic carbocycles. The van der Waals surface area contributed by atoms with E-state index in [9.17, 15) is 0 Å². The predicted octanol–water partition coefficient (Wildman–Crippen LogP) is 14.2. The third-order valence-corrected chi connectivity index (χ3v) is 13.2. The predicted molar refractivity (Wildman–Crippen MR) is 231 cm³/mol. The standard InChI is InChI=1S/C51H34N2S/c1-51(2)43-28-34(22-23-35(43)39-30-50-42(29-44(39)51)38-16-8-11-19-49(38)54-50)53-46-18-10-7-15-37(46)41-27-32(21-25-48(41)53)31-20-24-47-40(26-31)36-14-6-9-17-45(36)52(47)33-12-4-3-5-13-33/h3-30H,1-2H3. The van der Waals surface area contributed by atoms with Crippen LogP contribution in [0.4, 0.5) is 0 Å². The van der Waals surface area contributed by atoms with Crippen LogP contribution in [0.1, 0.15) is 25.0 Å². The molecule has 11 aromatic rings. The van der Waals surface area contributed by atoms with E-state index in [2.05, 4.69) is 193 Å². The summed E-state index contributed by atoms with van der Waals surface area (Å²) in [7, 11) is 0. The maximum Gasteiger partial charge on any atom is 0.0541 e. The highest BCUT2D eigenvalue weighted by molar-refractivity contribution is 7.25. The Morgan fingerprint density at radius 2 is 0.926 bits per heavy atom. The molecule has 0 N–H and O–H groups in total. The van der Waals surface area contributed by atoms with Crippen molar-refractivity contribution in [2.45, 2.75) is 19.3 Å². The largest absolute Gasteiger partial charge is 0.309 e. The average Bonchev–Trinajstić information content (AvgIpc) is 3.92. The summed E-state index contributed by atoms with van der Waals surface area (Å²) in [5.74, 6) is 0. The topological polar surface area (TPSA) is 9.86 Å². The number of rotatable bonds is 3. The van der Waals surface area contributed by atoms with E-state index in [0.717, 1.165) is 0 Å². The molecular formula is C51H34N2S. The van der Waals surface area contributed by atoms with Crippen molar-refractivity contribution >= 4 is 75.1 Å². The average molecular weight is 707 g/mol. The summed E-state index contributed by atoms with van der Waals surface area (Å²) in [4.78, 5) is 0. The molecule has 0 aliphatic heterocycles. The molecule has 0 unspecified atom stereocenters. The van der Waals surface area contributed by atoms with Gasteiger partial charge in [0.25, 0.3) is 0 Å². The van der Waals surface area contributed by atoms with Crippen LogP contribution < -0.4 is 0 Å². The lowest BCUT2D eigenvalue weighted by atomic mass is 9.82. The van der Waals surface area contributed by atoms with Crippen LogP contribution in [0.15, 0.2) is 170 Å². The van der Waals surface area contributed by atoms with E-state index in [4.69, 9.17) is 0 Å². The molecule has 1 aliphatic rings. The van der Waals surface area contributed by atoms with Crippen molar-refractivity contribution in [1.82, 2.24) is 9.13 Å². The third kappa shape index (κ3) is 4.05. The summed E-state index contributed by atoms with van der Waals surface area (Å²) >= 11 is 1.90. The lowest BCUT2D eigenvalue weighted by Gasteiger charge is -2.22. The van der Waals surface area contributed by atoms with Gasteiger partial charge in [0.2, 0.25) is 0 Å². The van der Waals surface area contributed by atoms with Crippen molar-refractivity contribution in [1.29, 1.82) is 0 Å². The van der Waals surface area contributed by atoms with Gasteiger partial charge in [0, 0.05) is 58.5 Å². The van der Waals surface area contributed by atoms with Crippen LogP contribution in [0, 0.1) is 0 Å². The fourth-order valence-electron chi connectivity index (χ4n) is 9.52. The first kappa shape index (κ1) is 30.1. The van der Waals surface area contributed by atoms with Crippen LogP contribution in [0.5, 0.6) is 0 Å². The van der Waals surface area contributed by atoms with Crippen molar-refractivity contribution in [2.24, 2.45) is 0 Å². The molecule has 0 saturated carbocycles. The van der Waals surface area contributed by atoms with Crippen molar-refractivity contribution in [2.75, 3.05) is 0 Å². The van der Waals surface area contributed by atoms with Crippen LogP contribution in [-0.2, 0) is 5.41 Å². The minimum Gasteiger partial charge on any atom is -0.309 e. The van der Waals surface area contributed by atoms with Gasteiger partial charge >= 0.3 is 0 Å². The van der Waals surface area contributed by atoms with Crippen LogP contribution in [0.3, 0.4) is 0 Å². The summed E-state index contributed by atoms with van der Waals surface area (Å²) in [6.45, 7) is 4.79. The first-order valence-corrected chi connectivity index (χ1v) is 19.6. The minimum absolute atomic E-state index is 0.119. The quantitative estimate of drug-likeness (QED) is 0.173. The molecule has 1 aliphatic carbocycles. The van der Waals surface area contributed by atoms with E-state index >= 15 is 0 Å². The van der Waals surface area contributed by atoms with E-state index in [1.807, 2.05) is 11.3 Å². The molecule has 0 amide bonds. The van der Waals surface area contributed by atoms with Gasteiger partial charge in [-0.3, -0.25) is 0 Å². The highest BCUT2D eigenvalue weighted by Crippen LogP contribution is 2.52. The highest BCUT2D eigenvalue weighted by atomic mass is 32.1. The molecular weight excluding hydrogens is 673 g/mol. The first-order valence-electron chi connectivity index (χ1n) is 18.8. The Labute approximate surface area is 316 Å². The zero-order valence-corrected chi connectivity index (χ0v) is 30.8. The number of para-hydroxylation sites is 3. The second kappa shape index (κ2) is 10.8. The van der Waals surface area contributed by atoms with Gasteiger partial charge in [0.05, 0.1) is 22.1 Å². The van der Waals surface area contributed by atoms with Gasteiger partial charge in [-0.2, -0.15) is 0 Å². The van der Waals surface area contributed by atoms with E-state index in [-0.39, 0.29) is 5.41 Å². The molecule has 3 heteroatoms. The van der Waals surface area contributed by atoms with Crippen molar-refractivity contribution < 1.29 is 0 Å². The molecule has 0 spiro atoms. The van der Waals surface area contributed by atoms with Crippen molar-refractivity contribution in [3.05, 3.63) is 181 Å². The first-order chi connectivity index (χ1) is 26.5. The second-order valence-corrected chi connectivity index (χ2v) is 16.4. The Bertz CT molecular complexity index is 3350. The van der Waals surface area contributed by atoms with Crippen LogP contribution in [0.2, 0.25) is 0 Å². The fraction of sp³-hybridized carbons (Fsp3) is 0.0588. The Kier molecular flexibility index (Phi) is 6.03. The summed E-state index contributed by atoms with van der Waals surface area (Å²) in [6.07, 6.45) is 0. The Morgan fingerprint density at radius 1 is 0.370 bits per heavy atom. The number of hydrogen-bond donors (Lipinski definition) is 0. The second-order valence-electron chi connectivity index (χ2n) is 15.4. The molecule has 254 valence electrons. The lowest BCUT2D eigenvalue weighted by molar-refractivity contribution is 0.661. The normalized spacial score (nSPS) is 13.5. The summed E-state index contributed by atoms with van der Waals surface area (Å²) in [5, 5.41) is 7.80. The Morgan fingerprint density at radius 3 is 1.61 bits per heavy atom. The zero-order valence-electron chi connectivity index (χ0n) is 30.0. The molecule has 0 radical (unpaired) electrons. The van der Waals surface area contributed by atoms with Crippen LogP contribution in [-0.4, -0.2) is 9.13 Å². The Balaban J connectivity index is 1.01. The number of nitrogens with zero attached hydrogens (tertiary/aromatic N) is 2. The number of hydrogen-bond acceptors (Lipinski definition) is 1. The number of thiophene rings is 1. The highest BCUT2D eigenvalue weighted by Gasteiger charge is 2.36. The summed E-state index contributed by atoms with van der Waals surface area (Å²) < 4.78 is 7.57. The van der Waals surface area contributed by atoms with Gasteiger partial charge in [0.15, 0.2) is 0 Å². The fourth-order valence-corrected chi connectivity index (χ4v) is 10.6. The van der Waals surface area contributed by atoms with Crippen LogP contribution in [0.25, 0.3) is 97.4 Å². The summed E-state index contributed by atoms with van der Waals surface area (Å²) in [6, 6.07) is 63.2. The zero-order chi connectivity index (χ0) is 35.7. The molecule has 0 atom stereocenters. The van der Waals surface area contributed by atoms with Gasteiger partial charge in [-0.15, -0.1) is 11.3 Å². The van der Waals surface area contributed by atoms with E-state index in [0.29, 0.717) is 0 Å². The maximum atomic E-state index is 2.47. The van der Waals surface area contributed by atoms with E-state index in [1.54, 1.807) is 0 Å². The van der Waals surface area contributed by atoms with Gasteiger partial charge in [-0.1, -0.05) is 105 Å². The Hall–Kier alpha value is -6.42. The van der Waals surface area contributed by atoms with Crippen molar-refractivity contribution in [3.63, 3.8) is 0 Å². The number of aromatic nitrogens is 2. The third-order valence-electron chi connectivity index (χ3n) is 12.1. The molecule has 3 heterocycles. The molecule has 54 heavy (non-hydrogen) atoms. The van der Waals surface area contributed by atoms with E-state index in [1.165, 1.54) is 109 Å². The molecule has 12 rings (SSSR count). The van der Waals surface area contributed by atoms with Gasteiger partial charge in [-0.25, -0.2) is 0 Å². The maximum absolute atomic E-state index is 2.47. The molecule has 0 bridgehead atoms. The van der Waals surface area contributed by atoms with Crippen molar-refractivity contribution in [3.8, 4) is 33.6 Å².